The van der Waals surface area contributed by atoms with E-state index in [0.29, 0.717) is 0 Å². The van der Waals surface area contributed by atoms with E-state index in [9.17, 15) is 24.3 Å². The van der Waals surface area contributed by atoms with Gasteiger partial charge in [0.15, 0.2) is 5.92 Å². The van der Waals surface area contributed by atoms with E-state index in [4.69, 9.17) is 0 Å². The molecule has 0 spiro atoms. The lowest BCUT2D eigenvalue weighted by Crippen LogP contribution is -2.53. The zero-order valence-electron chi connectivity index (χ0n) is 15.4. The highest BCUT2D eigenvalue weighted by atomic mass is 16.5. The molecule has 1 amide bonds. The van der Waals surface area contributed by atoms with E-state index in [1.165, 1.54) is 6.92 Å². The number of carbonyl (C=O) groups is 4. The third kappa shape index (κ3) is 6.69. The van der Waals surface area contributed by atoms with Gasteiger partial charge in [-0.1, -0.05) is 20.8 Å². The lowest BCUT2D eigenvalue weighted by Gasteiger charge is -2.27. The molecular weight excluding hydrogens is 334 g/mol. The molecule has 0 aliphatic heterocycles. The summed E-state index contributed by atoms with van der Waals surface area (Å²) in [5, 5.41) is 12.2. The second kappa shape index (κ2) is 10.7. The molecule has 0 aromatic rings. The summed E-state index contributed by atoms with van der Waals surface area (Å²) in [4.78, 5) is 47.9. The molecule has 2 N–H and O–H groups in total. The van der Waals surface area contributed by atoms with Gasteiger partial charge in [-0.2, -0.15) is 0 Å². The fourth-order valence-electron chi connectivity index (χ4n) is 2.31. The summed E-state index contributed by atoms with van der Waals surface area (Å²) in [5.74, 6) is -5.91. The van der Waals surface area contributed by atoms with E-state index in [1.807, 2.05) is 13.8 Å². The van der Waals surface area contributed by atoms with Gasteiger partial charge in [-0.3, -0.25) is 14.4 Å². The van der Waals surface area contributed by atoms with Crippen LogP contribution in [0.2, 0.25) is 0 Å². The molecule has 0 bridgehead atoms. The van der Waals surface area contributed by atoms with Gasteiger partial charge in [0.2, 0.25) is 5.91 Å². The van der Waals surface area contributed by atoms with Crippen molar-refractivity contribution in [1.29, 1.82) is 0 Å². The Labute approximate surface area is 147 Å². The molecule has 0 rings (SSSR count). The van der Waals surface area contributed by atoms with Crippen molar-refractivity contribution in [2.75, 3.05) is 21.3 Å². The van der Waals surface area contributed by atoms with Gasteiger partial charge >= 0.3 is 17.9 Å². The van der Waals surface area contributed by atoms with Gasteiger partial charge in [0, 0.05) is 5.92 Å². The smallest absolute Gasteiger partial charge is 0.328 e. The van der Waals surface area contributed by atoms with Crippen LogP contribution in [0.3, 0.4) is 0 Å². The topological polar surface area (TPSA) is 128 Å². The molecule has 0 aliphatic carbocycles. The van der Waals surface area contributed by atoms with Crippen LogP contribution in [0.4, 0.5) is 0 Å². The summed E-state index contributed by atoms with van der Waals surface area (Å²) in [6.07, 6.45) is -1.15. The third-order valence-corrected chi connectivity index (χ3v) is 3.71. The van der Waals surface area contributed by atoms with Crippen LogP contribution in [-0.2, 0) is 33.4 Å². The Morgan fingerprint density at radius 3 is 1.68 bits per heavy atom. The minimum Gasteiger partial charge on any atom is -0.468 e. The number of nitrogens with one attached hydrogen (secondary N) is 1. The molecule has 0 unspecified atom stereocenters. The molecule has 0 heterocycles. The van der Waals surface area contributed by atoms with E-state index >= 15 is 0 Å². The van der Waals surface area contributed by atoms with E-state index in [-0.39, 0.29) is 12.3 Å². The first-order valence-electron chi connectivity index (χ1n) is 7.82. The highest BCUT2D eigenvalue weighted by Gasteiger charge is 2.42. The number of rotatable bonds is 9. The fraction of sp³-hybridized carbons (Fsp3) is 0.750. The first kappa shape index (κ1) is 22.8. The number of ether oxygens (including phenoxy) is 3. The van der Waals surface area contributed by atoms with E-state index < -0.39 is 47.8 Å². The van der Waals surface area contributed by atoms with Crippen molar-refractivity contribution in [3.05, 3.63) is 0 Å². The maximum Gasteiger partial charge on any atom is 0.328 e. The maximum atomic E-state index is 12.1. The summed E-state index contributed by atoms with van der Waals surface area (Å²) >= 11 is 0. The molecule has 0 radical (unpaired) electrons. The molecule has 0 saturated heterocycles. The highest BCUT2D eigenvalue weighted by molar-refractivity contribution is 5.96. The SMILES string of the molecule is COC(=O)C(C(=O)OC)[C@@H](C)[C@@H](NC(=O)[C@H](O)CC(C)C)C(=O)OC. The minimum absolute atomic E-state index is 0.0487. The largest absolute Gasteiger partial charge is 0.468 e. The quantitative estimate of drug-likeness (QED) is 0.324. The summed E-state index contributed by atoms with van der Waals surface area (Å²) < 4.78 is 13.8. The van der Waals surface area contributed by atoms with Crippen molar-refractivity contribution in [2.45, 2.75) is 39.3 Å². The highest BCUT2D eigenvalue weighted by Crippen LogP contribution is 2.21. The maximum absolute atomic E-state index is 12.1. The Morgan fingerprint density at radius 2 is 1.32 bits per heavy atom. The predicted molar refractivity (Wildman–Crippen MR) is 86.1 cm³/mol. The van der Waals surface area contributed by atoms with Crippen LogP contribution < -0.4 is 5.32 Å². The van der Waals surface area contributed by atoms with Crippen LogP contribution in [0.25, 0.3) is 0 Å². The van der Waals surface area contributed by atoms with Crippen LogP contribution in [-0.4, -0.2) is 62.4 Å². The molecule has 0 saturated carbocycles. The van der Waals surface area contributed by atoms with Gasteiger partial charge in [0.1, 0.15) is 12.1 Å². The molecule has 0 aliphatic rings. The van der Waals surface area contributed by atoms with Crippen molar-refractivity contribution in [2.24, 2.45) is 17.8 Å². The molecular formula is C16H27NO8. The third-order valence-electron chi connectivity index (χ3n) is 3.71. The van der Waals surface area contributed by atoms with Crippen LogP contribution in [0.15, 0.2) is 0 Å². The Balaban J connectivity index is 5.48. The molecule has 25 heavy (non-hydrogen) atoms. The summed E-state index contributed by atoms with van der Waals surface area (Å²) in [7, 11) is 3.27. The van der Waals surface area contributed by atoms with Gasteiger partial charge in [-0.15, -0.1) is 0 Å². The predicted octanol–water partition coefficient (Wildman–Crippen LogP) is -0.350. The molecule has 9 nitrogen and oxygen atoms in total. The molecule has 144 valence electrons. The van der Waals surface area contributed by atoms with E-state index in [1.54, 1.807) is 0 Å². The number of aliphatic hydroxyl groups excluding tert-OH is 1. The lowest BCUT2D eigenvalue weighted by molar-refractivity contribution is -0.163. The van der Waals surface area contributed by atoms with Gasteiger partial charge in [-0.05, 0) is 12.3 Å². The number of esters is 3. The van der Waals surface area contributed by atoms with Crippen LogP contribution >= 0.6 is 0 Å². The summed E-state index contributed by atoms with van der Waals surface area (Å²) in [5.41, 5.74) is 0. The molecule has 0 aromatic carbocycles. The van der Waals surface area contributed by atoms with E-state index in [0.717, 1.165) is 21.3 Å². The summed E-state index contributed by atoms with van der Waals surface area (Å²) in [6, 6.07) is -1.34. The second-order valence-corrected chi connectivity index (χ2v) is 6.04. The number of methoxy groups -OCH3 is 3. The van der Waals surface area contributed by atoms with Crippen molar-refractivity contribution in [1.82, 2.24) is 5.32 Å². The van der Waals surface area contributed by atoms with Crippen LogP contribution in [0.1, 0.15) is 27.2 Å². The van der Waals surface area contributed by atoms with Crippen molar-refractivity contribution in [3.63, 3.8) is 0 Å². The Bertz CT molecular complexity index is 475. The van der Waals surface area contributed by atoms with Gasteiger partial charge in [0.25, 0.3) is 0 Å². The second-order valence-electron chi connectivity index (χ2n) is 6.04. The zero-order chi connectivity index (χ0) is 19.7. The zero-order valence-corrected chi connectivity index (χ0v) is 15.4. The van der Waals surface area contributed by atoms with Crippen LogP contribution in [0, 0.1) is 17.8 Å². The standard InChI is InChI=1S/C16H27NO8/c1-8(2)7-10(18)13(19)17-12(16(22)25-6)9(3)11(14(20)23-4)15(21)24-5/h8-12,18H,7H2,1-6H3,(H,17,19)/t9-,10-,12-/m1/s1. The molecule has 0 fully saturated rings. The van der Waals surface area contributed by atoms with Gasteiger partial charge in [-0.25, -0.2) is 4.79 Å². The molecule has 0 aromatic heterocycles. The first-order chi connectivity index (χ1) is 11.6. The Morgan fingerprint density at radius 1 is 0.880 bits per heavy atom. The molecule has 9 heteroatoms. The lowest BCUT2D eigenvalue weighted by atomic mass is 9.87. The minimum atomic E-state index is -1.44. The number of aliphatic hydroxyl groups is 1. The number of amides is 1. The van der Waals surface area contributed by atoms with Gasteiger partial charge < -0.3 is 24.6 Å². The normalized spacial score (nSPS) is 14.4. The monoisotopic (exact) mass is 361 g/mol. The number of carbonyl (C=O) groups excluding carboxylic acids is 4. The number of hydrogen-bond acceptors (Lipinski definition) is 8. The molecule has 3 atom stereocenters. The van der Waals surface area contributed by atoms with E-state index in [2.05, 4.69) is 19.5 Å². The average Bonchev–Trinajstić information content (AvgIpc) is 2.57. The van der Waals surface area contributed by atoms with Crippen LogP contribution in [0.5, 0.6) is 0 Å². The van der Waals surface area contributed by atoms with Crippen molar-refractivity contribution in [3.8, 4) is 0 Å². The Hall–Kier alpha value is -2.16. The van der Waals surface area contributed by atoms with Crippen molar-refractivity contribution >= 4 is 23.8 Å². The van der Waals surface area contributed by atoms with Gasteiger partial charge in [0.05, 0.1) is 21.3 Å². The summed E-state index contributed by atoms with van der Waals surface area (Å²) in [6.45, 7) is 5.04. The fourth-order valence-corrected chi connectivity index (χ4v) is 2.31. The number of hydrogen-bond donors (Lipinski definition) is 2. The first-order valence-corrected chi connectivity index (χ1v) is 7.82. The average molecular weight is 361 g/mol. The van der Waals surface area contributed by atoms with Crippen molar-refractivity contribution < 1.29 is 38.5 Å². The Kier molecular flexibility index (Phi) is 9.73.